The maximum absolute atomic E-state index is 11.3. The summed E-state index contributed by atoms with van der Waals surface area (Å²) in [5, 5.41) is 9.99. The van der Waals surface area contributed by atoms with Gasteiger partial charge in [0.1, 0.15) is 5.69 Å². The third-order valence-corrected chi connectivity index (χ3v) is 1.57. The molecule has 0 spiro atoms. The second kappa shape index (κ2) is 6.01. The lowest BCUT2D eigenvalue weighted by molar-refractivity contribution is -0.297. The maximum atomic E-state index is 11.3. The van der Waals surface area contributed by atoms with E-state index in [1.54, 1.807) is 12.1 Å². The lowest BCUT2D eigenvalue weighted by Gasteiger charge is -2.04. The van der Waals surface area contributed by atoms with Gasteiger partial charge < -0.3 is 9.90 Å². The van der Waals surface area contributed by atoms with Crippen molar-refractivity contribution in [3.63, 3.8) is 0 Å². The molecule has 7 nitrogen and oxygen atoms in total. The van der Waals surface area contributed by atoms with Crippen LogP contribution in [0.15, 0.2) is 36.5 Å². The van der Waals surface area contributed by atoms with Gasteiger partial charge >= 0.3 is 0 Å². The van der Waals surface area contributed by atoms with Crippen LogP contribution >= 0.6 is 0 Å². The van der Waals surface area contributed by atoms with Crippen LogP contribution in [-0.2, 0) is 9.59 Å². The fourth-order valence-corrected chi connectivity index (χ4v) is 0.865. The summed E-state index contributed by atoms with van der Waals surface area (Å²) >= 11 is 0. The molecule has 0 aliphatic rings. The average molecular weight is 234 g/mol. The molecular formula is C10H8N3O4-. The van der Waals surface area contributed by atoms with Crippen LogP contribution in [0.2, 0.25) is 0 Å². The molecule has 1 aromatic rings. The van der Waals surface area contributed by atoms with Crippen LogP contribution in [0.1, 0.15) is 10.5 Å². The van der Waals surface area contributed by atoms with Crippen LogP contribution in [0.3, 0.4) is 0 Å². The Labute approximate surface area is 96.1 Å². The Kier molecular flexibility index (Phi) is 4.37. The number of carbonyl (C=O) groups excluding carboxylic acids is 3. The van der Waals surface area contributed by atoms with Crippen molar-refractivity contribution in [2.75, 3.05) is 0 Å². The molecule has 0 aliphatic heterocycles. The van der Waals surface area contributed by atoms with E-state index < -0.39 is 17.8 Å². The highest BCUT2D eigenvalue weighted by atomic mass is 16.4. The molecule has 0 bridgehead atoms. The molecule has 2 N–H and O–H groups in total. The molecule has 0 atom stereocenters. The van der Waals surface area contributed by atoms with E-state index in [0.29, 0.717) is 12.2 Å². The van der Waals surface area contributed by atoms with E-state index in [-0.39, 0.29) is 5.69 Å². The van der Waals surface area contributed by atoms with E-state index in [1.165, 1.54) is 12.3 Å². The third-order valence-electron chi connectivity index (χ3n) is 1.57. The summed E-state index contributed by atoms with van der Waals surface area (Å²) in [6, 6.07) is 4.70. The first-order valence-electron chi connectivity index (χ1n) is 4.50. The van der Waals surface area contributed by atoms with E-state index in [0.717, 1.165) is 0 Å². The molecule has 0 saturated carbocycles. The number of carboxylic acids is 1. The molecule has 0 aromatic carbocycles. The lowest BCUT2D eigenvalue weighted by Crippen LogP contribution is -2.41. The predicted molar refractivity (Wildman–Crippen MR) is 54.0 cm³/mol. The molecular weight excluding hydrogens is 226 g/mol. The SMILES string of the molecule is O=C([O-])/C=C/C(=O)NNC(=O)c1ccccn1. The molecule has 17 heavy (non-hydrogen) atoms. The van der Waals surface area contributed by atoms with Crippen LogP contribution in [-0.4, -0.2) is 22.8 Å². The Balaban J connectivity index is 2.44. The van der Waals surface area contributed by atoms with E-state index in [9.17, 15) is 19.5 Å². The second-order valence-electron chi connectivity index (χ2n) is 2.81. The molecule has 88 valence electrons. The molecule has 1 rings (SSSR count). The van der Waals surface area contributed by atoms with Crippen molar-refractivity contribution in [3.05, 3.63) is 42.2 Å². The predicted octanol–water partition coefficient (Wildman–Crippen LogP) is -1.85. The Morgan fingerprint density at radius 3 is 2.53 bits per heavy atom. The number of aromatic nitrogens is 1. The van der Waals surface area contributed by atoms with Crippen LogP contribution in [0.4, 0.5) is 0 Å². The van der Waals surface area contributed by atoms with Crippen molar-refractivity contribution in [1.29, 1.82) is 0 Å². The number of hydrogen-bond donors (Lipinski definition) is 2. The zero-order valence-corrected chi connectivity index (χ0v) is 8.54. The van der Waals surface area contributed by atoms with E-state index in [1.807, 2.05) is 5.43 Å². The Morgan fingerprint density at radius 1 is 1.18 bits per heavy atom. The fraction of sp³-hybridized carbons (Fsp3) is 0. The molecule has 7 heteroatoms. The fourth-order valence-electron chi connectivity index (χ4n) is 0.865. The summed E-state index contributed by atoms with van der Waals surface area (Å²) in [4.78, 5) is 36.0. The van der Waals surface area contributed by atoms with Gasteiger partial charge in [0.2, 0.25) is 0 Å². The largest absolute Gasteiger partial charge is 0.545 e. The van der Waals surface area contributed by atoms with Gasteiger partial charge in [0.15, 0.2) is 0 Å². The first-order valence-corrected chi connectivity index (χ1v) is 4.50. The standard InChI is InChI=1S/C10H9N3O4/c14-8(4-5-9(15)16)12-13-10(17)7-3-1-2-6-11-7/h1-6H,(H,12,14)(H,13,17)(H,15,16)/p-1/b5-4+. The highest BCUT2D eigenvalue weighted by molar-refractivity contribution is 5.97. The van der Waals surface area contributed by atoms with Gasteiger partial charge in [0, 0.05) is 12.3 Å². The Bertz CT molecular complexity index is 456. The summed E-state index contributed by atoms with van der Waals surface area (Å²) in [6.07, 6.45) is 2.68. The number of hydrazine groups is 1. The van der Waals surface area contributed by atoms with Gasteiger partial charge in [-0.05, 0) is 18.2 Å². The lowest BCUT2D eigenvalue weighted by atomic mass is 10.3. The highest BCUT2D eigenvalue weighted by Gasteiger charge is 2.05. The van der Waals surface area contributed by atoms with Gasteiger partial charge in [-0.2, -0.15) is 0 Å². The number of amides is 2. The minimum Gasteiger partial charge on any atom is -0.545 e. The monoisotopic (exact) mass is 234 g/mol. The quantitative estimate of drug-likeness (QED) is 0.471. The van der Waals surface area contributed by atoms with Crippen molar-refractivity contribution in [2.24, 2.45) is 0 Å². The Morgan fingerprint density at radius 2 is 1.94 bits per heavy atom. The number of carbonyl (C=O) groups is 3. The summed E-state index contributed by atoms with van der Waals surface area (Å²) in [5.41, 5.74) is 4.16. The first-order chi connectivity index (χ1) is 8.09. The van der Waals surface area contributed by atoms with Crippen LogP contribution in [0.5, 0.6) is 0 Å². The summed E-state index contributed by atoms with van der Waals surface area (Å²) in [6.45, 7) is 0. The molecule has 1 aromatic heterocycles. The van der Waals surface area contributed by atoms with Crippen molar-refractivity contribution < 1.29 is 19.5 Å². The molecule has 0 aliphatic carbocycles. The third kappa shape index (κ3) is 4.56. The molecule has 1 heterocycles. The number of pyridine rings is 1. The van der Waals surface area contributed by atoms with Gasteiger partial charge in [-0.15, -0.1) is 0 Å². The van der Waals surface area contributed by atoms with E-state index >= 15 is 0 Å². The average Bonchev–Trinajstić information content (AvgIpc) is 2.34. The van der Waals surface area contributed by atoms with Gasteiger partial charge in [0.25, 0.3) is 11.8 Å². The van der Waals surface area contributed by atoms with Crippen molar-refractivity contribution in [3.8, 4) is 0 Å². The zero-order chi connectivity index (χ0) is 12.7. The van der Waals surface area contributed by atoms with Gasteiger partial charge in [-0.3, -0.25) is 25.4 Å². The number of carboxylic acid groups (broad SMARTS) is 1. The minimum atomic E-state index is -1.50. The van der Waals surface area contributed by atoms with Crippen molar-refractivity contribution in [2.45, 2.75) is 0 Å². The molecule has 0 saturated heterocycles. The summed E-state index contributed by atoms with van der Waals surface area (Å²) < 4.78 is 0. The van der Waals surface area contributed by atoms with Crippen LogP contribution in [0.25, 0.3) is 0 Å². The van der Waals surface area contributed by atoms with Crippen LogP contribution < -0.4 is 16.0 Å². The van der Waals surface area contributed by atoms with Crippen LogP contribution in [0, 0.1) is 0 Å². The molecule has 0 unspecified atom stereocenters. The second-order valence-corrected chi connectivity index (χ2v) is 2.81. The number of nitrogens with zero attached hydrogens (tertiary/aromatic N) is 1. The highest BCUT2D eigenvalue weighted by Crippen LogP contribution is 1.91. The van der Waals surface area contributed by atoms with Crippen molar-refractivity contribution in [1.82, 2.24) is 15.8 Å². The van der Waals surface area contributed by atoms with E-state index in [2.05, 4.69) is 10.4 Å². The minimum absolute atomic E-state index is 0.122. The maximum Gasteiger partial charge on any atom is 0.288 e. The first kappa shape index (κ1) is 12.4. The molecule has 0 radical (unpaired) electrons. The summed E-state index contributed by atoms with van der Waals surface area (Å²) in [7, 11) is 0. The smallest absolute Gasteiger partial charge is 0.288 e. The number of aliphatic carboxylic acids is 1. The van der Waals surface area contributed by atoms with Gasteiger partial charge in [-0.1, -0.05) is 6.07 Å². The zero-order valence-electron chi connectivity index (χ0n) is 8.54. The normalized spacial score (nSPS) is 9.88. The number of nitrogens with one attached hydrogen (secondary N) is 2. The Hall–Kier alpha value is -2.70. The van der Waals surface area contributed by atoms with Crippen molar-refractivity contribution >= 4 is 17.8 Å². The van der Waals surface area contributed by atoms with E-state index in [4.69, 9.17) is 0 Å². The number of hydrogen-bond acceptors (Lipinski definition) is 5. The number of rotatable bonds is 3. The topological polar surface area (TPSA) is 111 Å². The molecule has 0 fully saturated rings. The van der Waals surface area contributed by atoms with Gasteiger partial charge in [-0.25, -0.2) is 0 Å². The molecule has 2 amide bonds. The van der Waals surface area contributed by atoms with Gasteiger partial charge in [0.05, 0.1) is 5.97 Å². The summed E-state index contributed by atoms with van der Waals surface area (Å²) in [5.74, 6) is -2.91.